The van der Waals surface area contributed by atoms with Gasteiger partial charge in [0.25, 0.3) is 0 Å². The van der Waals surface area contributed by atoms with Crippen LogP contribution in [0.1, 0.15) is 52.9 Å². The molecule has 0 aromatic rings. The molecule has 0 radical (unpaired) electrons. The van der Waals surface area contributed by atoms with Gasteiger partial charge in [-0.1, -0.05) is 27.2 Å². The van der Waals surface area contributed by atoms with Crippen LogP contribution in [0.25, 0.3) is 0 Å². The molecule has 1 aliphatic heterocycles. The third kappa shape index (κ3) is 5.86. The van der Waals surface area contributed by atoms with Gasteiger partial charge in [0.2, 0.25) is 0 Å². The van der Waals surface area contributed by atoms with Crippen LogP contribution in [0.4, 0.5) is 0 Å². The van der Waals surface area contributed by atoms with Gasteiger partial charge >= 0.3 is 0 Å². The number of piperidine rings is 1. The minimum Gasteiger partial charge on any atom is -0.315 e. The molecule has 0 aromatic carbocycles. The second-order valence-electron chi connectivity index (χ2n) is 5.53. The van der Waals surface area contributed by atoms with Gasteiger partial charge in [-0.3, -0.25) is 0 Å². The van der Waals surface area contributed by atoms with Gasteiger partial charge in [0.15, 0.2) is 0 Å². The van der Waals surface area contributed by atoms with E-state index in [1.165, 1.54) is 58.3 Å². The summed E-state index contributed by atoms with van der Waals surface area (Å²) in [5, 5.41) is 3.48. The summed E-state index contributed by atoms with van der Waals surface area (Å²) in [4.78, 5) is 2.67. The first-order valence-corrected chi connectivity index (χ1v) is 7.18. The Hall–Kier alpha value is -0.0800. The summed E-state index contributed by atoms with van der Waals surface area (Å²) in [7, 11) is 0. The maximum Gasteiger partial charge on any atom is 0.00103 e. The number of nitrogens with zero attached hydrogens (tertiary/aromatic N) is 1. The lowest BCUT2D eigenvalue weighted by Crippen LogP contribution is -2.36. The summed E-state index contributed by atoms with van der Waals surface area (Å²) in [6.45, 7) is 12.0. The number of unbranched alkanes of at least 4 members (excludes halogenated alkanes) is 1. The Morgan fingerprint density at radius 3 is 2.81 bits per heavy atom. The standard InChI is InChI=1S/C14H30N2/c1-4-14-8-7-11-16(12-14)10-6-5-9-15-13(2)3/h13-15H,4-12H2,1-3H3. The summed E-state index contributed by atoms with van der Waals surface area (Å²) < 4.78 is 0. The topological polar surface area (TPSA) is 15.3 Å². The smallest absolute Gasteiger partial charge is 0.00103 e. The van der Waals surface area contributed by atoms with Crippen LogP contribution in [0.3, 0.4) is 0 Å². The fraction of sp³-hybridized carbons (Fsp3) is 1.00. The van der Waals surface area contributed by atoms with Crippen LogP contribution in [-0.4, -0.2) is 37.1 Å². The summed E-state index contributed by atoms with van der Waals surface area (Å²) in [5.41, 5.74) is 0. The molecule has 16 heavy (non-hydrogen) atoms. The van der Waals surface area contributed by atoms with E-state index in [2.05, 4.69) is 31.0 Å². The van der Waals surface area contributed by atoms with Gasteiger partial charge in [0, 0.05) is 12.6 Å². The van der Waals surface area contributed by atoms with Crippen LogP contribution in [0, 0.1) is 5.92 Å². The number of nitrogens with one attached hydrogen (secondary N) is 1. The predicted molar refractivity (Wildman–Crippen MR) is 71.8 cm³/mol. The largest absolute Gasteiger partial charge is 0.315 e. The fourth-order valence-corrected chi connectivity index (χ4v) is 2.54. The molecule has 1 fully saturated rings. The first-order chi connectivity index (χ1) is 7.72. The lowest BCUT2D eigenvalue weighted by Gasteiger charge is -2.32. The third-order valence-corrected chi connectivity index (χ3v) is 3.63. The van der Waals surface area contributed by atoms with Crippen molar-refractivity contribution < 1.29 is 0 Å². The van der Waals surface area contributed by atoms with E-state index in [1.807, 2.05) is 0 Å². The Kier molecular flexibility index (Phi) is 7.06. The Bertz CT molecular complexity index is 168. The highest BCUT2D eigenvalue weighted by atomic mass is 15.1. The molecule has 0 bridgehead atoms. The van der Waals surface area contributed by atoms with E-state index in [1.54, 1.807) is 0 Å². The Morgan fingerprint density at radius 2 is 2.12 bits per heavy atom. The van der Waals surface area contributed by atoms with Crippen molar-refractivity contribution in [3.8, 4) is 0 Å². The molecule has 1 aliphatic rings. The van der Waals surface area contributed by atoms with Crippen molar-refractivity contribution in [3.63, 3.8) is 0 Å². The van der Waals surface area contributed by atoms with Gasteiger partial charge in [0.1, 0.15) is 0 Å². The quantitative estimate of drug-likeness (QED) is 0.672. The van der Waals surface area contributed by atoms with Crippen LogP contribution in [0.5, 0.6) is 0 Å². The molecule has 96 valence electrons. The molecule has 0 aliphatic carbocycles. The van der Waals surface area contributed by atoms with Crippen molar-refractivity contribution in [2.45, 2.75) is 58.9 Å². The molecule has 0 saturated carbocycles. The highest BCUT2D eigenvalue weighted by molar-refractivity contribution is 4.71. The summed E-state index contributed by atoms with van der Waals surface area (Å²) >= 11 is 0. The summed E-state index contributed by atoms with van der Waals surface area (Å²) in [5.74, 6) is 0.975. The summed E-state index contributed by atoms with van der Waals surface area (Å²) in [6, 6.07) is 0.638. The van der Waals surface area contributed by atoms with E-state index < -0.39 is 0 Å². The lowest BCUT2D eigenvalue weighted by molar-refractivity contribution is 0.169. The molecule has 0 amide bonds. The van der Waals surface area contributed by atoms with Crippen molar-refractivity contribution >= 4 is 0 Å². The minimum absolute atomic E-state index is 0.638. The van der Waals surface area contributed by atoms with Gasteiger partial charge in [-0.05, 0) is 51.2 Å². The zero-order valence-corrected chi connectivity index (χ0v) is 11.5. The molecule has 1 atom stereocenters. The molecule has 1 unspecified atom stereocenters. The maximum atomic E-state index is 3.48. The van der Waals surface area contributed by atoms with Crippen LogP contribution in [0.2, 0.25) is 0 Å². The molecule has 0 aromatic heterocycles. The van der Waals surface area contributed by atoms with Crippen molar-refractivity contribution in [2.24, 2.45) is 5.92 Å². The Morgan fingerprint density at radius 1 is 1.31 bits per heavy atom. The van der Waals surface area contributed by atoms with Crippen LogP contribution in [-0.2, 0) is 0 Å². The summed E-state index contributed by atoms with van der Waals surface area (Å²) in [6.07, 6.45) is 6.93. The molecular formula is C14H30N2. The average molecular weight is 226 g/mol. The van der Waals surface area contributed by atoms with Crippen molar-refractivity contribution in [1.82, 2.24) is 10.2 Å². The van der Waals surface area contributed by atoms with Crippen molar-refractivity contribution in [1.29, 1.82) is 0 Å². The SMILES string of the molecule is CCC1CCCN(CCCCNC(C)C)C1. The third-order valence-electron chi connectivity index (χ3n) is 3.63. The van der Waals surface area contributed by atoms with Gasteiger partial charge in [-0.15, -0.1) is 0 Å². The lowest BCUT2D eigenvalue weighted by atomic mass is 9.95. The van der Waals surface area contributed by atoms with E-state index in [-0.39, 0.29) is 0 Å². The highest BCUT2D eigenvalue weighted by Gasteiger charge is 2.17. The first-order valence-electron chi connectivity index (χ1n) is 7.18. The number of likely N-dealkylation sites (tertiary alicyclic amines) is 1. The van der Waals surface area contributed by atoms with Gasteiger partial charge in [-0.25, -0.2) is 0 Å². The first kappa shape index (κ1) is 14.0. The molecule has 1 heterocycles. The van der Waals surface area contributed by atoms with Crippen LogP contribution >= 0.6 is 0 Å². The minimum atomic E-state index is 0.638. The second-order valence-corrected chi connectivity index (χ2v) is 5.53. The zero-order chi connectivity index (χ0) is 11.8. The number of hydrogen-bond acceptors (Lipinski definition) is 2. The van der Waals surface area contributed by atoms with Crippen molar-refractivity contribution in [3.05, 3.63) is 0 Å². The van der Waals surface area contributed by atoms with Gasteiger partial charge in [0.05, 0.1) is 0 Å². The van der Waals surface area contributed by atoms with Crippen LogP contribution in [0.15, 0.2) is 0 Å². The molecular weight excluding hydrogens is 196 g/mol. The Balaban J connectivity index is 1.99. The second kappa shape index (κ2) is 8.08. The molecule has 1 saturated heterocycles. The highest BCUT2D eigenvalue weighted by Crippen LogP contribution is 2.19. The van der Waals surface area contributed by atoms with E-state index in [9.17, 15) is 0 Å². The number of rotatable bonds is 7. The fourth-order valence-electron chi connectivity index (χ4n) is 2.54. The van der Waals surface area contributed by atoms with Crippen molar-refractivity contribution in [2.75, 3.05) is 26.2 Å². The molecule has 2 heteroatoms. The monoisotopic (exact) mass is 226 g/mol. The average Bonchev–Trinajstić information content (AvgIpc) is 2.28. The predicted octanol–water partition coefficient (Wildman–Crippen LogP) is 2.89. The molecule has 2 nitrogen and oxygen atoms in total. The van der Waals surface area contributed by atoms with E-state index in [0.717, 1.165) is 5.92 Å². The Labute approximate surface area is 102 Å². The molecule has 1 N–H and O–H groups in total. The van der Waals surface area contributed by atoms with E-state index in [4.69, 9.17) is 0 Å². The van der Waals surface area contributed by atoms with Gasteiger partial charge < -0.3 is 10.2 Å². The molecule has 0 spiro atoms. The number of hydrogen-bond donors (Lipinski definition) is 1. The van der Waals surface area contributed by atoms with Crippen LogP contribution < -0.4 is 5.32 Å². The molecule has 1 rings (SSSR count). The van der Waals surface area contributed by atoms with E-state index in [0.29, 0.717) is 6.04 Å². The van der Waals surface area contributed by atoms with Gasteiger partial charge in [-0.2, -0.15) is 0 Å². The zero-order valence-electron chi connectivity index (χ0n) is 11.5. The maximum absolute atomic E-state index is 3.48. The normalized spacial score (nSPS) is 22.9. The van der Waals surface area contributed by atoms with E-state index >= 15 is 0 Å².